The fourth-order valence-electron chi connectivity index (χ4n) is 1.53. The molecule has 21 heavy (non-hydrogen) atoms. The smallest absolute Gasteiger partial charge is 0.307 e. The zero-order valence-corrected chi connectivity index (χ0v) is 14.8. The van der Waals surface area contributed by atoms with E-state index in [1.807, 2.05) is 24.3 Å². The van der Waals surface area contributed by atoms with Crippen LogP contribution in [0.1, 0.15) is 12.0 Å². The molecule has 6 nitrogen and oxygen atoms in total. The molecule has 1 aromatic carbocycles. The lowest BCUT2D eigenvalue weighted by molar-refractivity contribution is -0.140. The van der Waals surface area contributed by atoms with Crippen molar-refractivity contribution in [3.63, 3.8) is 0 Å². The molecular weight excluding hydrogens is 385 g/mol. The highest BCUT2D eigenvalue weighted by atomic mass is 127. The molecule has 1 aromatic rings. The summed E-state index contributed by atoms with van der Waals surface area (Å²) in [5, 5.41) is 6.20. The van der Waals surface area contributed by atoms with Gasteiger partial charge in [0.15, 0.2) is 5.96 Å². The Morgan fingerprint density at radius 1 is 1.19 bits per heavy atom. The Hall–Kier alpha value is -1.51. The van der Waals surface area contributed by atoms with Crippen LogP contribution in [0.5, 0.6) is 5.75 Å². The first kappa shape index (κ1) is 19.5. The number of aliphatic imine (C=N–C) groups is 1. The summed E-state index contributed by atoms with van der Waals surface area (Å²) >= 11 is 0. The molecule has 118 valence electrons. The predicted octanol–water partition coefficient (Wildman–Crippen LogP) is 1.54. The second kappa shape index (κ2) is 11.2. The molecule has 0 unspecified atom stereocenters. The van der Waals surface area contributed by atoms with Crippen molar-refractivity contribution < 1.29 is 14.3 Å². The Morgan fingerprint density at radius 3 is 2.38 bits per heavy atom. The lowest BCUT2D eigenvalue weighted by Crippen LogP contribution is -2.37. The van der Waals surface area contributed by atoms with Gasteiger partial charge in [0.1, 0.15) is 5.75 Å². The summed E-state index contributed by atoms with van der Waals surface area (Å²) < 4.78 is 9.67. The fourth-order valence-corrected chi connectivity index (χ4v) is 1.53. The van der Waals surface area contributed by atoms with Crippen molar-refractivity contribution in [2.45, 2.75) is 13.0 Å². The summed E-state index contributed by atoms with van der Waals surface area (Å²) in [4.78, 5) is 15.1. The monoisotopic (exact) mass is 407 g/mol. The molecule has 0 atom stereocenters. The van der Waals surface area contributed by atoms with Gasteiger partial charge in [-0.05, 0) is 17.7 Å². The highest BCUT2D eigenvalue weighted by molar-refractivity contribution is 14.0. The molecule has 1 rings (SSSR count). The zero-order chi connectivity index (χ0) is 14.8. The number of carbonyl (C=O) groups excluding carboxylic acids is 1. The number of halogens is 1. The van der Waals surface area contributed by atoms with Crippen molar-refractivity contribution >= 4 is 35.9 Å². The van der Waals surface area contributed by atoms with E-state index < -0.39 is 0 Å². The molecular formula is C14H22IN3O3. The van der Waals surface area contributed by atoms with E-state index in [9.17, 15) is 4.79 Å². The van der Waals surface area contributed by atoms with Gasteiger partial charge in [-0.15, -0.1) is 24.0 Å². The molecule has 0 saturated heterocycles. The standard InChI is InChI=1S/C14H21N3O3.HI/c1-15-14(16-9-8-13(18)20-3)17-10-11-4-6-12(19-2)7-5-11;/h4-7H,8-10H2,1-3H3,(H2,15,16,17);1H. The van der Waals surface area contributed by atoms with Gasteiger partial charge in [0.2, 0.25) is 0 Å². The maximum atomic E-state index is 11.0. The van der Waals surface area contributed by atoms with Crippen LogP contribution in [0.4, 0.5) is 0 Å². The third kappa shape index (κ3) is 7.74. The number of nitrogens with zero attached hydrogens (tertiary/aromatic N) is 1. The molecule has 0 aliphatic rings. The van der Waals surface area contributed by atoms with Gasteiger partial charge >= 0.3 is 5.97 Å². The molecule has 0 amide bonds. The molecule has 2 N–H and O–H groups in total. The largest absolute Gasteiger partial charge is 0.497 e. The minimum Gasteiger partial charge on any atom is -0.497 e. The topological polar surface area (TPSA) is 72.0 Å². The Balaban J connectivity index is 0.00000400. The molecule has 7 heteroatoms. The Labute approximate surface area is 142 Å². The molecule has 0 spiro atoms. The number of hydrogen-bond donors (Lipinski definition) is 2. The molecule has 0 aliphatic heterocycles. The van der Waals surface area contributed by atoms with Gasteiger partial charge < -0.3 is 20.1 Å². The number of benzene rings is 1. The number of carbonyl (C=O) groups is 1. The maximum Gasteiger partial charge on any atom is 0.307 e. The van der Waals surface area contributed by atoms with Crippen molar-refractivity contribution in [3.8, 4) is 5.75 Å². The van der Waals surface area contributed by atoms with Crippen LogP contribution in [0.3, 0.4) is 0 Å². The number of rotatable bonds is 6. The Bertz CT molecular complexity index is 449. The molecule has 0 aromatic heterocycles. The van der Waals surface area contributed by atoms with Crippen LogP contribution in [0.15, 0.2) is 29.3 Å². The maximum absolute atomic E-state index is 11.0. The summed E-state index contributed by atoms with van der Waals surface area (Å²) in [5.74, 6) is 1.22. The van der Waals surface area contributed by atoms with E-state index in [0.29, 0.717) is 25.5 Å². The van der Waals surface area contributed by atoms with Gasteiger partial charge in [-0.25, -0.2) is 0 Å². The van der Waals surface area contributed by atoms with Gasteiger partial charge in [0, 0.05) is 20.1 Å². The van der Waals surface area contributed by atoms with Crippen molar-refractivity contribution in [1.82, 2.24) is 10.6 Å². The van der Waals surface area contributed by atoms with E-state index in [-0.39, 0.29) is 29.9 Å². The van der Waals surface area contributed by atoms with E-state index >= 15 is 0 Å². The van der Waals surface area contributed by atoms with Gasteiger partial charge in [-0.2, -0.15) is 0 Å². The van der Waals surface area contributed by atoms with Crippen molar-refractivity contribution in [1.29, 1.82) is 0 Å². The van der Waals surface area contributed by atoms with Crippen LogP contribution in [0.25, 0.3) is 0 Å². The second-order valence-corrected chi connectivity index (χ2v) is 4.03. The van der Waals surface area contributed by atoms with Crippen molar-refractivity contribution in [3.05, 3.63) is 29.8 Å². The summed E-state index contributed by atoms with van der Waals surface area (Å²) in [6.45, 7) is 1.12. The van der Waals surface area contributed by atoms with Gasteiger partial charge in [-0.1, -0.05) is 12.1 Å². The highest BCUT2D eigenvalue weighted by Gasteiger charge is 2.02. The average Bonchev–Trinajstić information content (AvgIpc) is 2.50. The lowest BCUT2D eigenvalue weighted by atomic mass is 10.2. The van der Waals surface area contributed by atoms with E-state index in [0.717, 1.165) is 11.3 Å². The normalized spacial score (nSPS) is 10.3. The second-order valence-electron chi connectivity index (χ2n) is 4.03. The molecule has 0 bridgehead atoms. The number of nitrogens with one attached hydrogen (secondary N) is 2. The van der Waals surface area contributed by atoms with Gasteiger partial charge in [-0.3, -0.25) is 9.79 Å². The SMILES string of the molecule is CN=C(NCCC(=O)OC)NCc1ccc(OC)cc1.I. The number of esters is 1. The zero-order valence-electron chi connectivity index (χ0n) is 12.5. The van der Waals surface area contributed by atoms with Crippen LogP contribution in [-0.2, 0) is 16.1 Å². The number of hydrogen-bond acceptors (Lipinski definition) is 4. The lowest BCUT2D eigenvalue weighted by Gasteiger charge is -2.11. The quantitative estimate of drug-likeness (QED) is 0.324. The van der Waals surface area contributed by atoms with Crippen molar-refractivity contribution in [2.24, 2.45) is 4.99 Å². The molecule has 0 saturated carbocycles. The third-order valence-electron chi connectivity index (χ3n) is 2.69. The summed E-state index contributed by atoms with van der Waals surface area (Å²) in [6.07, 6.45) is 0.305. The molecule has 0 aliphatic carbocycles. The summed E-state index contributed by atoms with van der Waals surface area (Å²) in [5.41, 5.74) is 1.11. The van der Waals surface area contributed by atoms with Crippen LogP contribution < -0.4 is 15.4 Å². The summed E-state index contributed by atoms with van der Waals surface area (Å²) in [6, 6.07) is 7.77. The average molecular weight is 407 g/mol. The summed E-state index contributed by atoms with van der Waals surface area (Å²) in [7, 11) is 4.70. The first-order chi connectivity index (χ1) is 9.69. The third-order valence-corrected chi connectivity index (χ3v) is 2.69. The number of methoxy groups -OCH3 is 2. The van der Waals surface area contributed by atoms with E-state index in [1.54, 1.807) is 14.2 Å². The van der Waals surface area contributed by atoms with Crippen LogP contribution in [0.2, 0.25) is 0 Å². The molecule has 0 heterocycles. The fraction of sp³-hybridized carbons (Fsp3) is 0.429. The minimum absolute atomic E-state index is 0. The first-order valence-corrected chi connectivity index (χ1v) is 6.34. The molecule has 0 fully saturated rings. The number of ether oxygens (including phenoxy) is 2. The van der Waals surface area contributed by atoms with Gasteiger partial charge in [0.25, 0.3) is 0 Å². The van der Waals surface area contributed by atoms with Crippen LogP contribution >= 0.6 is 24.0 Å². The first-order valence-electron chi connectivity index (χ1n) is 6.34. The van der Waals surface area contributed by atoms with Crippen molar-refractivity contribution in [2.75, 3.05) is 27.8 Å². The predicted molar refractivity (Wildman–Crippen MR) is 93.2 cm³/mol. The van der Waals surface area contributed by atoms with Crippen LogP contribution in [0, 0.1) is 0 Å². The number of guanidine groups is 1. The Morgan fingerprint density at radius 2 is 1.86 bits per heavy atom. The minimum atomic E-state index is -0.247. The van der Waals surface area contributed by atoms with E-state index in [4.69, 9.17) is 4.74 Å². The van der Waals surface area contributed by atoms with E-state index in [1.165, 1.54) is 7.11 Å². The molecule has 0 radical (unpaired) electrons. The van der Waals surface area contributed by atoms with E-state index in [2.05, 4.69) is 20.4 Å². The van der Waals surface area contributed by atoms with Gasteiger partial charge in [0.05, 0.1) is 20.6 Å². The van der Waals surface area contributed by atoms with Crippen LogP contribution in [-0.4, -0.2) is 39.7 Å². The Kier molecular flexibility index (Phi) is 10.4. The highest BCUT2D eigenvalue weighted by Crippen LogP contribution is 2.10.